The Labute approximate surface area is 89.2 Å². The molecule has 3 nitrogen and oxygen atoms in total. The van der Waals surface area contributed by atoms with Crippen LogP contribution in [-0.2, 0) is 11.0 Å². The first-order valence-corrected chi connectivity index (χ1v) is 4.25. The molecule has 1 N–H and O–H groups in total. The zero-order valence-electron chi connectivity index (χ0n) is 8.25. The van der Waals surface area contributed by atoms with E-state index in [0.29, 0.717) is 5.56 Å². The maximum atomic E-state index is 12.1. The molecular formula is C10H8F3NO2. The third-order valence-corrected chi connectivity index (χ3v) is 1.80. The summed E-state index contributed by atoms with van der Waals surface area (Å²) < 4.78 is 36.4. The minimum absolute atomic E-state index is 0.0292. The lowest BCUT2D eigenvalue weighted by Gasteiger charge is -2.04. The number of pyridine rings is 1. The lowest BCUT2D eigenvalue weighted by atomic mass is 10.2. The minimum Gasteiger partial charge on any atom is -0.478 e. The molecule has 0 fully saturated rings. The fourth-order valence-corrected chi connectivity index (χ4v) is 0.970. The summed E-state index contributed by atoms with van der Waals surface area (Å²) in [6, 6.07) is 1.98. The van der Waals surface area contributed by atoms with Gasteiger partial charge < -0.3 is 5.11 Å². The molecule has 0 unspecified atom stereocenters. The number of halogens is 3. The van der Waals surface area contributed by atoms with Crippen molar-refractivity contribution in [3.8, 4) is 0 Å². The Kier molecular flexibility index (Phi) is 3.31. The predicted octanol–water partition coefficient (Wildman–Crippen LogP) is 2.59. The number of alkyl halides is 3. The van der Waals surface area contributed by atoms with Crippen molar-refractivity contribution in [1.29, 1.82) is 0 Å². The molecule has 1 aromatic rings. The summed E-state index contributed by atoms with van der Waals surface area (Å²) in [5, 5.41) is 8.56. The van der Waals surface area contributed by atoms with Crippen LogP contribution in [0.4, 0.5) is 13.2 Å². The molecule has 1 rings (SSSR count). The van der Waals surface area contributed by atoms with E-state index in [2.05, 4.69) is 4.98 Å². The molecule has 0 atom stereocenters. The van der Waals surface area contributed by atoms with Gasteiger partial charge in [-0.25, -0.2) is 4.79 Å². The number of carboxylic acids is 1. The Morgan fingerprint density at radius 3 is 2.44 bits per heavy atom. The van der Waals surface area contributed by atoms with Gasteiger partial charge >= 0.3 is 12.1 Å². The van der Waals surface area contributed by atoms with Crippen molar-refractivity contribution < 1.29 is 23.1 Å². The summed E-state index contributed by atoms with van der Waals surface area (Å²) in [4.78, 5) is 13.7. The zero-order valence-corrected chi connectivity index (χ0v) is 8.25. The predicted molar refractivity (Wildman–Crippen MR) is 50.5 cm³/mol. The van der Waals surface area contributed by atoms with E-state index in [4.69, 9.17) is 5.11 Å². The highest BCUT2D eigenvalue weighted by molar-refractivity contribution is 5.91. The van der Waals surface area contributed by atoms with E-state index in [1.54, 1.807) is 0 Å². The molecule has 0 saturated carbocycles. The highest BCUT2D eigenvalue weighted by atomic mass is 19.4. The van der Waals surface area contributed by atoms with Crippen LogP contribution in [0.3, 0.4) is 0 Å². The number of hydrogen-bond donors (Lipinski definition) is 1. The fraction of sp³-hybridized carbons (Fsp3) is 0.200. The van der Waals surface area contributed by atoms with Crippen molar-refractivity contribution >= 4 is 12.0 Å². The van der Waals surface area contributed by atoms with Gasteiger partial charge in [0.25, 0.3) is 0 Å². The van der Waals surface area contributed by atoms with E-state index >= 15 is 0 Å². The van der Waals surface area contributed by atoms with Crippen LogP contribution in [0.2, 0.25) is 0 Å². The summed E-state index contributed by atoms with van der Waals surface area (Å²) in [5.41, 5.74) is -0.660. The molecule has 0 spiro atoms. The van der Waals surface area contributed by atoms with Crippen molar-refractivity contribution in [2.45, 2.75) is 13.1 Å². The largest absolute Gasteiger partial charge is 0.478 e. The Morgan fingerprint density at radius 1 is 1.44 bits per heavy atom. The molecule has 0 radical (unpaired) electrons. The number of aromatic nitrogens is 1. The smallest absolute Gasteiger partial charge is 0.433 e. The first-order valence-electron chi connectivity index (χ1n) is 4.25. The molecule has 0 saturated heterocycles. The van der Waals surface area contributed by atoms with Crippen LogP contribution in [0, 0.1) is 0 Å². The van der Waals surface area contributed by atoms with Crippen LogP contribution in [0.5, 0.6) is 0 Å². The van der Waals surface area contributed by atoms with E-state index in [1.165, 1.54) is 19.1 Å². The third kappa shape index (κ3) is 3.08. The van der Waals surface area contributed by atoms with Gasteiger partial charge in [-0.05, 0) is 24.6 Å². The number of hydrogen-bond acceptors (Lipinski definition) is 2. The van der Waals surface area contributed by atoms with Crippen molar-refractivity contribution in [2.75, 3.05) is 0 Å². The van der Waals surface area contributed by atoms with Crippen molar-refractivity contribution in [3.63, 3.8) is 0 Å². The highest BCUT2D eigenvalue weighted by Gasteiger charge is 2.31. The molecule has 1 heterocycles. The average molecular weight is 231 g/mol. The van der Waals surface area contributed by atoms with Gasteiger partial charge in [0, 0.05) is 11.8 Å². The van der Waals surface area contributed by atoms with Gasteiger partial charge in [0.15, 0.2) is 0 Å². The fourth-order valence-electron chi connectivity index (χ4n) is 0.970. The average Bonchev–Trinajstić information content (AvgIpc) is 2.17. The standard InChI is InChI=1S/C10H8F3NO2/c1-6(9(15)16)4-7-2-3-8(14-5-7)10(11,12)13/h2-5H,1H3,(H,15,16)/b6-4+. The maximum Gasteiger partial charge on any atom is 0.433 e. The topological polar surface area (TPSA) is 50.2 Å². The Hall–Kier alpha value is -1.85. The molecule has 0 amide bonds. The molecule has 0 bridgehead atoms. The van der Waals surface area contributed by atoms with E-state index in [-0.39, 0.29) is 5.57 Å². The molecule has 1 aromatic heterocycles. The van der Waals surface area contributed by atoms with Gasteiger partial charge in [0.1, 0.15) is 5.69 Å². The zero-order chi connectivity index (χ0) is 12.3. The second kappa shape index (κ2) is 4.34. The van der Waals surface area contributed by atoms with Crippen LogP contribution in [0.15, 0.2) is 23.9 Å². The second-order valence-corrected chi connectivity index (χ2v) is 3.11. The van der Waals surface area contributed by atoms with Gasteiger partial charge in [-0.1, -0.05) is 6.07 Å². The van der Waals surface area contributed by atoms with Gasteiger partial charge in [0.05, 0.1) is 0 Å². The second-order valence-electron chi connectivity index (χ2n) is 3.11. The Balaban J connectivity index is 2.97. The number of nitrogens with zero attached hydrogens (tertiary/aromatic N) is 1. The number of rotatable bonds is 2. The lowest BCUT2D eigenvalue weighted by molar-refractivity contribution is -0.141. The summed E-state index contributed by atoms with van der Waals surface area (Å²) in [5.74, 6) is -1.13. The van der Waals surface area contributed by atoms with Gasteiger partial charge in [0.2, 0.25) is 0 Å². The van der Waals surface area contributed by atoms with Crippen molar-refractivity contribution in [1.82, 2.24) is 4.98 Å². The van der Waals surface area contributed by atoms with Crippen LogP contribution in [0.1, 0.15) is 18.2 Å². The molecule has 16 heavy (non-hydrogen) atoms. The molecule has 0 aliphatic rings. The van der Waals surface area contributed by atoms with E-state index in [9.17, 15) is 18.0 Å². The van der Waals surface area contributed by atoms with Crippen LogP contribution < -0.4 is 0 Å². The van der Waals surface area contributed by atoms with Crippen LogP contribution in [0.25, 0.3) is 6.08 Å². The first-order chi connectivity index (χ1) is 7.30. The molecule has 86 valence electrons. The summed E-state index contributed by atoms with van der Waals surface area (Å²) in [6.07, 6.45) is -2.26. The monoisotopic (exact) mass is 231 g/mol. The third-order valence-electron chi connectivity index (χ3n) is 1.80. The summed E-state index contributed by atoms with van der Waals surface area (Å²) in [6.45, 7) is 1.35. The number of carboxylic acid groups (broad SMARTS) is 1. The maximum absolute atomic E-state index is 12.1. The molecular weight excluding hydrogens is 223 g/mol. The summed E-state index contributed by atoms with van der Waals surface area (Å²) >= 11 is 0. The lowest BCUT2D eigenvalue weighted by Crippen LogP contribution is -2.07. The van der Waals surface area contributed by atoms with Crippen LogP contribution >= 0.6 is 0 Å². The van der Waals surface area contributed by atoms with Gasteiger partial charge in [-0.2, -0.15) is 13.2 Å². The van der Waals surface area contributed by atoms with Gasteiger partial charge in [-0.3, -0.25) is 4.98 Å². The number of aliphatic carboxylic acids is 1. The molecule has 6 heteroatoms. The number of carbonyl (C=O) groups is 1. The summed E-state index contributed by atoms with van der Waals surface area (Å²) in [7, 11) is 0. The van der Waals surface area contributed by atoms with E-state index < -0.39 is 17.8 Å². The molecule has 0 aromatic carbocycles. The van der Waals surface area contributed by atoms with E-state index in [1.807, 2.05) is 0 Å². The minimum atomic E-state index is -4.48. The molecule has 0 aliphatic carbocycles. The van der Waals surface area contributed by atoms with Crippen molar-refractivity contribution in [3.05, 3.63) is 35.2 Å². The van der Waals surface area contributed by atoms with Gasteiger partial charge in [-0.15, -0.1) is 0 Å². The Bertz CT molecular complexity index is 421. The normalized spacial score (nSPS) is 12.6. The van der Waals surface area contributed by atoms with E-state index in [0.717, 1.165) is 12.3 Å². The quantitative estimate of drug-likeness (QED) is 0.796. The van der Waals surface area contributed by atoms with Crippen molar-refractivity contribution in [2.24, 2.45) is 0 Å². The highest BCUT2D eigenvalue weighted by Crippen LogP contribution is 2.27. The first kappa shape index (κ1) is 12.2. The SMILES string of the molecule is C/C(=C\c1ccc(C(F)(F)F)nc1)C(=O)O. The van der Waals surface area contributed by atoms with Crippen LogP contribution in [-0.4, -0.2) is 16.1 Å². The molecule has 0 aliphatic heterocycles. The Morgan fingerprint density at radius 2 is 2.06 bits per heavy atom.